The minimum atomic E-state index is -0.265. The van der Waals surface area contributed by atoms with Crippen molar-refractivity contribution in [1.82, 2.24) is 9.55 Å². The van der Waals surface area contributed by atoms with E-state index in [0.29, 0.717) is 0 Å². The number of fused-ring (bicyclic) bond motifs is 1. The zero-order valence-electron chi connectivity index (χ0n) is 10.4. The molecule has 19 heavy (non-hydrogen) atoms. The van der Waals surface area contributed by atoms with Crippen molar-refractivity contribution < 1.29 is 4.39 Å². The average Bonchev–Trinajstić information content (AvgIpc) is 2.80. The number of hydrogen-bond acceptors (Lipinski definition) is 1. The third-order valence-corrected chi connectivity index (χ3v) is 3.40. The molecule has 0 bridgehead atoms. The van der Waals surface area contributed by atoms with Gasteiger partial charge in [-0.3, -0.25) is 4.57 Å². The molecule has 3 aromatic rings. The molecule has 3 rings (SSSR count). The Morgan fingerprint density at radius 1 is 1.21 bits per heavy atom. The van der Waals surface area contributed by atoms with Crippen LogP contribution in [0.1, 0.15) is 11.4 Å². The predicted octanol–water partition coefficient (Wildman–Crippen LogP) is 4.21. The lowest BCUT2D eigenvalue weighted by Gasteiger charge is -2.11. The average molecular weight is 275 g/mol. The van der Waals surface area contributed by atoms with Crippen LogP contribution in [0.2, 0.25) is 0 Å². The lowest BCUT2D eigenvalue weighted by atomic mass is 10.2. The van der Waals surface area contributed by atoms with Crippen molar-refractivity contribution in [3.8, 4) is 5.69 Å². The quantitative estimate of drug-likeness (QED) is 0.640. The number of hydrogen-bond donors (Lipinski definition) is 0. The Balaban J connectivity index is 2.37. The number of rotatable bonds is 2. The smallest absolute Gasteiger partial charge is 0.129 e. The SMILES string of the molecule is Cc1ccc(F)cc1-n1c(CCl)nc2ccccc21. The Morgan fingerprint density at radius 2 is 2.00 bits per heavy atom. The van der Waals surface area contributed by atoms with Gasteiger partial charge in [0.2, 0.25) is 0 Å². The summed E-state index contributed by atoms with van der Waals surface area (Å²) in [5.41, 5.74) is 3.56. The lowest BCUT2D eigenvalue weighted by Crippen LogP contribution is -2.02. The zero-order valence-corrected chi connectivity index (χ0v) is 11.2. The van der Waals surface area contributed by atoms with Crippen LogP contribution in [0.15, 0.2) is 42.5 Å². The highest BCUT2D eigenvalue weighted by Crippen LogP contribution is 2.25. The Labute approximate surface area is 115 Å². The van der Waals surface area contributed by atoms with Gasteiger partial charge >= 0.3 is 0 Å². The first-order chi connectivity index (χ1) is 9.20. The van der Waals surface area contributed by atoms with Gasteiger partial charge in [-0.25, -0.2) is 9.37 Å². The highest BCUT2D eigenvalue weighted by atomic mass is 35.5. The van der Waals surface area contributed by atoms with Gasteiger partial charge in [-0.05, 0) is 36.8 Å². The number of imidazole rings is 1. The summed E-state index contributed by atoms with van der Waals surface area (Å²) >= 11 is 5.97. The van der Waals surface area contributed by atoms with E-state index in [1.54, 1.807) is 6.07 Å². The molecule has 4 heteroatoms. The van der Waals surface area contributed by atoms with E-state index in [-0.39, 0.29) is 11.7 Å². The fourth-order valence-corrected chi connectivity index (χ4v) is 2.44. The summed E-state index contributed by atoms with van der Waals surface area (Å²) in [6.07, 6.45) is 0. The predicted molar refractivity (Wildman–Crippen MR) is 75.3 cm³/mol. The molecule has 1 heterocycles. The van der Waals surface area contributed by atoms with E-state index in [0.717, 1.165) is 28.1 Å². The van der Waals surface area contributed by atoms with E-state index < -0.39 is 0 Å². The van der Waals surface area contributed by atoms with Gasteiger partial charge in [0.1, 0.15) is 11.6 Å². The molecule has 0 N–H and O–H groups in total. The largest absolute Gasteiger partial charge is 0.295 e. The summed E-state index contributed by atoms with van der Waals surface area (Å²) in [5, 5.41) is 0. The summed E-state index contributed by atoms with van der Waals surface area (Å²) < 4.78 is 15.4. The first kappa shape index (κ1) is 12.2. The van der Waals surface area contributed by atoms with Crippen molar-refractivity contribution in [1.29, 1.82) is 0 Å². The van der Waals surface area contributed by atoms with Gasteiger partial charge in [-0.15, -0.1) is 11.6 Å². The van der Waals surface area contributed by atoms with Gasteiger partial charge in [0, 0.05) is 0 Å². The van der Waals surface area contributed by atoms with Gasteiger partial charge in [0.15, 0.2) is 0 Å². The molecule has 0 spiro atoms. The van der Waals surface area contributed by atoms with Crippen molar-refractivity contribution in [2.75, 3.05) is 0 Å². The number of alkyl halides is 1. The monoisotopic (exact) mass is 274 g/mol. The van der Waals surface area contributed by atoms with E-state index in [1.165, 1.54) is 12.1 Å². The molecule has 0 amide bonds. The topological polar surface area (TPSA) is 17.8 Å². The standard InChI is InChI=1S/C15H12ClFN2/c1-10-6-7-11(17)8-14(10)19-13-5-3-2-4-12(13)18-15(19)9-16/h2-8H,9H2,1H3. The van der Waals surface area contributed by atoms with Crippen LogP contribution in [-0.4, -0.2) is 9.55 Å². The Bertz CT molecular complexity index is 749. The molecule has 0 atom stereocenters. The number of nitrogens with zero attached hydrogens (tertiary/aromatic N) is 2. The van der Waals surface area contributed by atoms with Crippen LogP contribution < -0.4 is 0 Å². The molecular weight excluding hydrogens is 263 g/mol. The molecule has 0 saturated heterocycles. The third kappa shape index (κ3) is 2.00. The Morgan fingerprint density at radius 3 is 2.79 bits per heavy atom. The van der Waals surface area contributed by atoms with E-state index in [1.807, 2.05) is 35.8 Å². The lowest BCUT2D eigenvalue weighted by molar-refractivity contribution is 0.626. The van der Waals surface area contributed by atoms with Crippen molar-refractivity contribution in [3.05, 3.63) is 59.7 Å². The maximum atomic E-state index is 13.5. The molecule has 0 aliphatic rings. The third-order valence-electron chi connectivity index (χ3n) is 3.16. The van der Waals surface area contributed by atoms with E-state index in [2.05, 4.69) is 4.98 Å². The fourth-order valence-electron chi connectivity index (χ4n) is 2.26. The van der Waals surface area contributed by atoms with Crippen molar-refractivity contribution >= 4 is 22.6 Å². The summed E-state index contributed by atoms with van der Waals surface area (Å²) in [6, 6.07) is 12.5. The molecule has 0 aliphatic carbocycles. The van der Waals surface area contributed by atoms with Crippen molar-refractivity contribution in [3.63, 3.8) is 0 Å². The minimum absolute atomic E-state index is 0.265. The van der Waals surface area contributed by atoms with Gasteiger partial charge in [0.05, 0.1) is 22.6 Å². The highest BCUT2D eigenvalue weighted by molar-refractivity contribution is 6.17. The van der Waals surface area contributed by atoms with Crippen LogP contribution in [0.4, 0.5) is 4.39 Å². The van der Waals surface area contributed by atoms with Crippen LogP contribution in [0, 0.1) is 12.7 Å². The summed E-state index contributed by atoms with van der Waals surface area (Å²) in [5.74, 6) is 0.737. The normalized spacial score (nSPS) is 11.1. The van der Waals surface area contributed by atoms with Crippen LogP contribution in [0.3, 0.4) is 0 Å². The second-order valence-electron chi connectivity index (χ2n) is 4.42. The van der Waals surface area contributed by atoms with Gasteiger partial charge in [-0.2, -0.15) is 0 Å². The molecule has 2 nitrogen and oxygen atoms in total. The number of para-hydroxylation sites is 2. The maximum absolute atomic E-state index is 13.5. The van der Waals surface area contributed by atoms with E-state index >= 15 is 0 Å². The Kier molecular flexibility index (Phi) is 2.99. The molecule has 2 aromatic carbocycles. The zero-order chi connectivity index (χ0) is 13.4. The first-order valence-corrected chi connectivity index (χ1v) is 6.53. The van der Waals surface area contributed by atoms with Crippen molar-refractivity contribution in [2.45, 2.75) is 12.8 Å². The molecule has 0 fully saturated rings. The maximum Gasteiger partial charge on any atom is 0.129 e. The van der Waals surface area contributed by atoms with Crippen LogP contribution >= 0.6 is 11.6 Å². The van der Waals surface area contributed by atoms with E-state index in [9.17, 15) is 4.39 Å². The molecule has 0 aliphatic heterocycles. The number of benzene rings is 2. The van der Waals surface area contributed by atoms with Gasteiger partial charge < -0.3 is 0 Å². The number of aromatic nitrogens is 2. The first-order valence-electron chi connectivity index (χ1n) is 5.99. The Hall–Kier alpha value is -1.87. The van der Waals surface area contributed by atoms with Crippen LogP contribution in [-0.2, 0) is 5.88 Å². The van der Waals surface area contributed by atoms with Crippen LogP contribution in [0.5, 0.6) is 0 Å². The fraction of sp³-hybridized carbons (Fsp3) is 0.133. The van der Waals surface area contributed by atoms with Gasteiger partial charge in [0.25, 0.3) is 0 Å². The van der Waals surface area contributed by atoms with Crippen molar-refractivity contribution in [2.24, 2.45) is 0 Å². The number of halogens is 2. The molecule has 0 unspecified atom stereocenters. The molecule has 0 radical (unpaired) electrons. The molecule has 96 valence electrons. The van der Waals surface area contributed by atoms with Crippen LogP contribution in [0.25, 0.3) is 16.7 Å². The molecule has 0 saturated carbocycles. The van der Waals surface area contributed by atoms with E-state index in [4.69, 9.17) is 11.6 Å². The minimum Gasteiger partial charge on any atom is -0.295 e. The molecule has 1 aromatic heterocycles. The summed E-state index contributed by atoms with van der Waals surface area (Å²) in [7, 11) is 0. The second kappa shape index (κ2) is 4.67. The van der Waals surface area contributed by atoms with Gasteiger partial charge in [-0.1, -0.05) is 18.2 Å². The highest BCUT2D eigenvalue weighted by Gasteiger charge is 2.13. The summed E-state index contributed by atoms with van der Waals surface area (Å²) in [6.45, 7) is 1.95. The summed E-state index contributed by atoms with van der Waals surface area (Å²) in [4.78, 5) is 4.49. The molecular formula is C15H12ClFN2. The second-order valence-corrected chi connectivity index (χ2v) is 4.68. The number of aryl methyl sites for hydroxylation is 1.